The summed E-state index contributed by atoms with van der Waals surface area (Å²) in [5.41, 5.74) is 7.69. The minimum absolute atomic E-state index is 0.856. The van der Waals surface area contributed by atoms with Gasteiger partial charge in [-0.15, -0.1) is 0 Å². The zero-order valence-corrected chi connectivity index (χ0v) is 9.59. The van der Waals surface area contributed by atoms with E-state index in [2.05, 4.69) is 13.0 Å². The van der Waals surface area contributed by atoms with Gasteiger partial charge in [-0.1, -0.05) is 46.8 Å². The molecule has 0 spiro atoms. The lowest BCUT2D eigenvalue weighted by Gasteiger charge is -1.95. The van der Waals surface area contributed by atoms with Gasteiger partial charge in [0.05, 0.1) is 0 Å². The Morgan fingerprint density at radius 2 is 1.62 bits per heavy atom. The molecule has 1 aromatic carbocycles. The minimum Gasteiger partial charge on any atom is -0.399 e. The Morgan fingerprint density at radius 1 is 1.08 bits per heavy atom. The van der Waals surface area contributed by atoms with Crippen LogP contribution >= 0.6 is 0 Å². The normalized spacial score (nSPS) is 7.46. The molecule has 0 unspecified atom stereocenters. The number of benzene rings is 1. The molecule has 1 nitrogen and oxygen atoms in total. The lowest BCUT2D eigenvalue weighted by atomic mass is 10.1. The highest BCUT2D eigenvalue weighted by atomic mass is 14.5. The van der Waals surface area contributed by atoms with Crippen LogP contribution in [0.2, 0.25) is 0 Å². The summed E-state index contributed by atoms with van der Waals surface area (Å²) in [5.74, 6) is 0. The van der Waals surface area contributed by atoms with Gasteiger partial charge in [-0.25, -0.2) is 0 Å². The fraction of sp³-hybridized carbons (Fsp3) is 0.500. The zero-order valence-electron chi connectivity index (χ0n) is 9.59. The monoisotopic (exact) mass is 181 g/mol. The highest BCUT2D eigenvalue weighted by Crippen LogP contribution is 2.05. The van der Waals surface area contributed by atoms with Gasteiger partial charge >= 0.3 is 0 Å². The van der Waals surface area contributed by atoms with Crippen LogP contribution in [-0.2, 0) is 6.42 Å². The van der Waals surface area contributed by atoms with Gasteiger partial charge in [0.25, 0.3) is 0 Å². The molecule has 0 fully saturated rings. The Labute approximate surface area is 83.0 Å². The molecule has 0 aromatic heterocycles. The van der Waals surface area contributed by atoms with Crippen molar-refractivity contribution in [3.63, 3.8) is 0 Å². The molecule has 0 heterocycles. The maximum Gasteiger partial charge on any atom is 0.0316 e. The maximum absolute atomic E-state index is 5.53. The van der Waals surface area contributed by atoms with Gasteiger partial charge in [-0.2, -0.15) is 0 Å². The third kappa shape index (κ3) is 7.38. The quantitative estimate of drug-likeness (QED) is 0.654. The van der Waals surface area contributed by atoms with E-state index in [-0.39, 0.29) is 0 Å². The summed E-state index contributed by atoms with van der Waals surface area (Å²) in [6.45, 7) is 10.1. The van der Waals surface area contributed by atoms with Crippen molar-refractivity contribution in [1.29, 1.82) is 0 Å². The van der Waals surface area contributed by atoms with Crippen molar-refractivity contribution in [2.45, 2.75) is 41.0 Å². The Bertz CT molecular complexity index is 194. The van der Waals surface area contributed by atoms with Gasteiger partial charge in [-0.05, 0) is 24.1 Å². The molecule has 1 rings (SSSR count). The average Bonchev–Trinajstić information content (AvgIpc) is 2.24. The molecule has 13 heavy (non-hydrogen) atoms. The van der Waals surface area contributed by atoms with Crippen molar-refractivity contribution in [3.8, 4) is 0 Å². The summed E-state index contributed by atoms with van der Waals surface area (Å²) in [5, 5.41) is 0. The van der Waals surface area contributed by atoms with Gasteiger partial charge < -0.3 is 5.73 Å². The molecule has 0 aliphatic carbocycles. The van der Waals surface area contributed by atoms with Gasteiger partial charge in [0.2, 0.25) is 0 Å². The number of hydrogen-bond acceptors (Lipinski definition) is 1. The van der Waals surface area contributed by atoms with Crippen molar-refractivity contribution >= 4 is 5.69 Å². The molecule has 0 amide bonds. The standard InChI is InChI=1S/C8H11N.2C2H6/c1-2-7-4-3-5-8(9)6-7;2*1-2/h3-6H,2,9H2,1H3;2*1-2H3. The summed E-state index contributed by atoms with van der Waals surface area (Å²) < 4.78 is 0. The molecule has 1 aromatic rings. The first kappa shape index (κ1) is 14.5. The molecule has 76 valence electrons. The molecule has 0 atom stereocenters. The Morgan fingerprint density at radius 3 is 1.92 bits per heavy atom. The van der Waals surface area contributed by atoms with Gasteiger partial charge in [0, 0.05) is 5.69 Å². The van der Waals surface area contributed by atoms with Crippen molar-refractivity contribution in [3.05, 3.63) is 29.8 Å². The average molecular weight is 181 g/mol. The number of rotatable bonds is 1. The lowest BCUT2D eigenvalue weighted by molar-refractivity contribution is 1.14. The topological polar surface area (TPSA) is 26.0 Å². The molecule has 0 aliphatic rings. The van der Waals surface area contributed by atoms with E-state index in [1.54, 1.807) is 0 Å². The number of hydrogen-bond donors (Lipinski definition) is 1. The van der Waals surface area contributed by atoms with Gasteiger partial charge in [0.15, 0.2) is 0 Å². The maximum atomic E-state index is 5.53. The summed E-state index contributed by atoms with van der Waals surface area (Å²) >= 11 is 0. The molecular formula is C12H23N. The lowest BCUT2D eigenvalue weighted by Crippen LogP contribution is -1.85. The third-order valence-corrected chi connectivity index (χ3v) is 1.36. The molecule has 0 saturated heterocycles. The van der Waals surface area contributed by atoms with E-state index in [4.69, 9.17) is 5.73 Å². The minimum atomic E-state index is 0.856. The largest absolute Gasteiger partial charge is 0.399 e. The summed E-state index contributed by atoms with van der Waals surface area (Å²) in [6.07, 6.45) is 1.06. The van der Waals surface area contributed by atoms with Crippen LogP contribution < -0.4 is 5.73 Å². The number of anilines is 1. The van der Waals surface area contributed by atoms with Crippen LogP contribution in [0.15, 0.2) is 24.3 Å². The predicted octanol–water partition coefficient (Wildman–Crippen LogP) is 3.88. The smallest absolute Gasteiger partial charge is 0.0316 e. The van der Waals surface area contributed by atoms with Crippen molar-refractivity contribution in [2.75, 3.05) is 5.73 Å². The molecule has 0 saturated carbocycles. The fourth-order valence-electron chi connectivity index (χ4n) is 0.813. The Balaban J connectivity index is 0. The van der Waals surface area contributed by atoms with Gasteiger partial charge in [0.1, 0.15) is 0 Å². The first-order valence-corrected chi connectivity index (χ1v) is 5.17. The van der Waals surface area contributed by atoms with E-state index < -0.39 is 0 Å². The van der Waals surface area contributed by atoms with Crippen LogP contribution in [0.3, 0.4) is 0 Å². The van der Waals surface area contributed by atoms with Crippen LogP contribution in [0, 0.1) is 0 Å². The molecule has 0 aliphatic heterocycles. The van der Waals surface area contributed by atoms with Crippen LogP contribution in [0.1, 0.15) is 40.2 Å². The first-order valence-electron chi connectivity index (χ1n) is 5.17. The summed E-state index contributed by atoms with van der Waals surface area (Å²) in [6, 6.07) is 7.96. The molecule has 0 bridgehead atoms. The highest BCUT2D eigenvalue weighted by molar-refractivity contribution is 5.40. The van der Waals surface area contributed by atoms with E-state index in [1.165, 1.54) is 5.56 Å². The number of nitrogens with two attached hydrogens (primary N) is 1. The van der Waals surface area contributed by atoms with Crippen molar-refractivity contribution < 1.29 is 0 Å². The summed E-state index contributed by atoms with van der Waals surface area (Å²) in [4.78, 5) is 0. The SMILES string of the molecule is CC.CC.CCc1cccc(N)c1. The van der Waals surface area contributed by atoms with E-state index in [0.717, 1.165) is 12.1 Å². The molecule has 2 N–H and O–H groups in total. The van der Waals surface area contributed by atoms with E-state index in [9.17, 15) is 0 Å². The third-order valence-electron chi connectivity index (χ3n) is 1.36. The first-order chi connectivity index (χ1) is 6.33. The second-order valence-corrected chi connectivity index (χ2v) is 2.10. The molecular weight excluding hydrogens is 158 g/mol. The number of aryl methyl sites for hydroxylation is 1. The Kier molecular flexibility index (Phi) is 12.3. The van der Waals surface area contributed by atoms with Gasteiger partial charge in [-0.3, -0.25) is 0 Å². The van der Waals surface area contributed by atoms with E-state index in [1.807, 2.05) is 45.9 Å². The zero-order chi connectivity index (χ0) is 10.7. The second-order valence-electron chi connectivity index (χ2n) is 2.10. The molecule has 1 heteroatoms. The number of nitrogen functional groups attached to an aromatic ring is 1. The fourth-order valence-corrected chi connectivity index (χ4v) is 0.813. The Hall–Kier alpha value is -0.980. The van der Waals surface area contributed by atoms with Crippen molar-refractivity contribution in [2.24, 2.45) is 0 Å². The highest BCUT2D eigenvalue weighted by Gasteiger charge is 1.86. The van der Waals surface area contributed by atoms with Crippen LogP contribution in [-0.4, -0.2) is 0 Å². The van der Waals surface area contributed by atoms with Crippen LogP contribution in [0.25, 0.3) is 0 Å². The van der Waals surface area contributed by atoms with E-state index in [0.29, 0.717) is 0 Å². The second kappa shape index (κ2) is 11.0. The van der Waals surface area contributed by atoms with E-state index >= 15 is 0 Å². The van der Waals surface area contributed by atoms with Crippen LogP contribution in [0.5, 0.6) is 0 Å². The predicted molar refractivity (Wildman–Crippen MR) is 62.9 cm³/mol. The van der Waals surface area contributed by atoms with Crippen molar-refractivity contribution in [1.82, 2.24) is 0 Å². The summed E-state index contributed by atoms with van der Waals surface area (Å²) in [7, 11) is 0. The van der Waals surface area contributed by atoms with Crippen LogP contribution in [0.4, 0.5) is 5.69 Å². The molecule has 0 radical (unpaired) electrons.